The van der Waals surface area contributed by atoms with Crippen molar-refractivity contribution in [1.29, 1.82) is 0 Å². The number of benzene rings is 1. The molecule has 0 heterocycles. The Kier molecular flexibility index (Phi) is 4.92. The molecule has 0 aliphatic rings. The van der Waals surface area contributed by atoms with Crippen molar-refractivity contribution in [2.24, 2.45) is 0 Å². The lowest BCUT2D eigenvalue weighted by Gasteiger charge is -2.17. The average molecular weight is 257 g/mol. The normalized spacial score (nSPS) is 13.4. The molecule has 0 bridgehead atoms. The lowest BCUT2D eigenvalue weighted by Crippen LogP contribution is -2.28. The second-order valence-corrected chi connectivity index (χ2v) is 5.30. The maximum absolute atomic E-state index is 11.5. The molecule has 0 amide bonds. The van der Waals surface area contributed by atoms with Crippen LogP contribution in [0.3, 0.4) is 0 Å². The van der Waals surface area contributed by atoms with Crippen molar-refractivity contribution in [1.82, 2.24) is 10.0 Å². The lowest BCUT2D eigenvalue weighted by atomic mass is 10.1. The minimum atomic E-state index is -3.47. The Balaban J connectivity index is 3.00. The fraction of sp³-hybridized carbons (Fsp3) is 0.455. The van der Waals surface area contributed by atoms with Crippen molar-refractivity contribution in [3.63, 3.8) is 0 Å². The molecule has 1 aromatic rings. The molecule has 0 saturated carbocycles. The number of anilines is 1. The fourth-order valence-corrected chi connectivity index (χ4v) is 2.16. The van der Waals surface area contributed by atoms with Gasteiger partial charge in [-0.25, -0.2) is 4.72 Å². The van der Waals surface area contributed by atoms with Crippen LogP contribution in [0.5, 0.6) is 0 Å². The molecule has 0 aliphatic heterocycles. The highest BCUT2D eigenvalue weighted by Crippen LogP contribution is 2.22. The second kappa shape index (κ2) is 6.00. The molecule has 17 heavy (non-hydrogen) atoms. The van der Waals surface area contributed by atoms with Gasteiger partial charge in [0, 0.05) is 13.1 Å². The smallest absolute Gasteiger partial charge is 0.298 e. The quantitative estimate of drug-likeness (QED) is 0.718. The Morgan fingerprint density at radius 1 is 1.29 bits per heavy atom. The Bertz CT molecular complexity index is 460. The van der Waals surface area contributed by atoms with Gasteiger partial charge < -0.3 is 5.32 Å². The number of nitrogens with one attached hydrogen (secondary N) is 3. The summed E-state index contributed by atoms with van der Waals surface area (Å²) < 4.78 is 27.6. The van der Waals surface area contributed by atoms with Crippen LogP contribution in [0.1, 0.15) is 25.5 Å². The van der Waals surface area contributed by atoms with E-state index in [0.717, 1.165) is 12.1 Å². The van der Waals surface area contributed by atoms with E-state index in [1.807, 2.05) is 26.0 Å². The molecule has 96 valence electrons. The van der Waals surface area contributed by atoms with Crippen LogP contribution >= 0.6 is 0 Å². The van der Waals surface area contributed by atoms with Crippen LogP contribution in [0.25, 0.3) is 0 Å². The first-order chi connectivity index (χ1) is 8.00. The highest BCUT2D eigenvalue weighted by atomic mass is 32.2. The van der Waals surface area contributed by atoms with Gasteiger partial charge in [-0.2, -0.15) is 8.42 Å². The van der Waals surface area contributed by atoms with Gasteiger partial charge in [-0.05, 0) is 25.1 Å². The molecular formula is C11H19N3O2S. The third kappa shape index (κ3) is 3.99. The van der Waals surface area contributed by atoms with Gasteiger partial charge in [-0.1, -0.05) is 25.1 Å². The van der Waals surface area contributed by atoms with E-state index in [1.165, 1.54) is 7.05 Å². The van der Waals surface area contributed by atoms with Crippen molar-refractivity contribution in [2.45, 2.75) is 19.9 Å². The Morgan fingerprint density at radius 2 is 1.94 bits per heavy atom. The second-order valence-electron chi connectivity index (χ2n) is 3.68. The summed E-state index contributed by atoms with van der Waals surface area (Å²) in [6, 6.07) is 7.44. The number of para-hydroxylation sites is 1. The van der Waals surface area contributed by atoms with Gasteiger partial charge in [0.25, 0.3) is 10.2 Å². The summed E-state index contributed by atoms with van der Waals surface area (Å²) in [4.78, 5) is 0. The van der Waals surface area contributed by atoms with Crippen molar-refractivity contribution in [2.75, 3.05) is 18.3 Å². The van der Waals surface area contributed by atoms with E-state index in [0.29, 0.717) is 5.69 Å². The first-order valence-corrected chi connectivity index (χ1v) is 7.02. The van der Waals surface area contributed by atoms with Crippen molar-refractivity contribution >= 4 is 15.9 Å². The van der Waals surface area contributed by atoms with E-state index in [9.17, 15) is 8.42 Å². The minimum Gasteiger partial charge on any atom is -0.310 e. The van der Waals surface area contributed by atoms with E-state index in [4.69, 9.17) is 0 Å². The summed E-state index contributed by atoms with van der Waals surface area (Å²) in [7, 11) is -2.10. The zero-order valence-electron chi connectivity index (χ0n) is 10.3. The molecule has 1 rings (SSSR count). The third-order valence-electron chi connectivity index (χ3n) is 2.45. The molecule has 0 saturated heterocycles. The molecule has 3 N–H and O–H groups in total. The zero-order chi connectivity index (χ0) is 12.9. The first kappa shape index (κ1) is 14.0. The van der Waals surface area contributed by atoms with E-state index in [2.05, 4.69) is 14.8 Å². The van der Waals surface area contributed by atoms with Crippen LogP contribution in [0.15, 0.2) is 24.3 Å². The van der Waals surface area contributed by atoms with Gasteiger partial charge in [0.05, 0.1) is 5.69 Å². The largest absolute Gasteiger partial charge is 0.310 e. The molecule has 1 aromatic carbocycles. The van der Waals surface area contributed by atoms with E-state index < -0.39 is 10.2 Å². The van der Waals surface area contributed by atoms with E-state index in [-0.39, 0.29) is 6.04 Å². The summed E-state index contributed by atoms with van der Waals surface area (Å²) in [5.41, 5.74) is 1.52. The molecule has 5 nitrogen and oxygen atoms in total. The highest BCUT2D eigenvalue weighted by Gasteiger charge is 2.13. The van der Waals surface area contributed by atoms with E-state index >= 15 is 0 Å². The summed E-state index contributed by atoms with van der Waals surface area (Å²) in [5.74, 6) is 0. The predicted molar refractivity (Wildman–Crippen MR) is 70.1 cm³/mol. The summed E-state index contributed by atoms with van der Waals surface area (Å²) in [5, 5.41) is 3.25. The number of rotatable bonds is 6. The van der Waals surface area contributed by atoms with Crippen LogP contribution in [-0.2, 0) is 10.2 Å². The molecule has 6 heteroatoms. The van der Waals surface area contributed by atoms with Crippen molar-refractivity contribution in [3.05, 3.63) is 29.8 Å². The molecule has 0 aliphatic carbocycles. The average Bonchev–Trinajstić information content (AvgIpc) is 2.29. The lowest BCUT2D eigenvalue weighted by molar-refractivity contribution is 0.591. The topological polar surface area (TPSA) is 70.2 Å². The molecular weight excluding hydrogens is 238 g/mol. The van der Waals surface area contributed by atoms with Gasteiger partial charge in [0.15, 0.2) is 0 Å². The van der Waals surface area contributed by atoms with Crippen LogP contribution in [-0.4, -0.2) is 22.0 Å². The van der Waals surface area contributed by atoms with Crippen molar-refractivity contribution < 1.29 is 8.42 Å². The van der Waals surface area contributed by atoms with Crippen molar-refractivity contribution in [3.8, 4) is 0 Å². The standard InChI is InChI=1S/C11H19N3O2S/c1-4-13-9(2)10-7-5-6-8-11(10)14-17(15,16)12-3/h5-9,12-14H,4H2,1-3H3. The zero-order valence-corrected chi connectivity index (χ0v) is 11.1. The van der Waals surface area contributed by atoms with E-state index in [1.54, 1.807) is 12.1 Å². The third-order valence-corrected chi connectivity index (χ3v) is 3.48. The highest BCUT2D eigenvalue weighted by molar-refractivity contribution is 7.90. The molecule has 0 aromatic heterocycles. The fourth-order valence-electron chi connectivity index (χ4n) is 1.58. The summed E-state index contributed by atoms with van der Waals surface area (Å²) >= 11 is 0. The van der Waals surface area contributed by atoms with Gasteiger partial charge in [-0.15, -0.1) is 0 Å². The van der Waals surface area contributed by atoms with Gasteiger partial charge in [-0.3, -0.25) is 4.72 Å². The van der Waals surface area contributed by atoms with Crippen LogP contribution in [0.4, 0.5) is 5.69 Å². The summed E-state index contributed by atoms with van der Waals surface area (Å²) in [6.07, 6.45) is 0. The first-order valence-electron chi connectivity index (χ1n) is 5.53. The number of hydrogen-bond donors (Lipinski definition) is 3. The SMILES string of the molecule is CCNC(C)c1ccccc1NS(=O)(=O)NC. The molecule has 1 unspecified atom stereocenters. The van der Waals surface area contributed by atoms with Crippen LogP contribution in [0.2, 0.25) is 0 Å². The van der Waals surface area contributed by atoms with Gasteiger partial charge >= 0.3 is 0 Å². The maximum Gasteiger partial charge on any atom is 0.298 e. The molecule has 1 atom stereocenters. The number of hydrogen-bond acceptors (Lipinski definition) is 3. The van der Waals surface area contributed by atoms with Gasteiger partial charge in [0.1, 0.15) is 0 Å². The molecule has 0 fully saturated rings. The molecule has 0 spiro atoms. The monoisotopic (exact) mass is 257 g/mol. The molecule has 0 radical (unpaired) electrons. The maximum atomic E-state index is 11.5. The Hall–Kier alpha value is -1.11. The predicted octanol–water partition coefficient (Wildman–Crippen LogP) is 1.23. The summed E-state index contributed by atoms with van der Waals surface area (Å²) in [6.45, 7) is 4.83. The van der Waals surface area contributed by atoms with Gasteiger partial charge in [0.2, 0.25) is 0 Å². The van der Waals surface area contributed by atoms with Crippen LogP contribution < -0.4 is 14.8 Å². The van der Waals surface area contributed by atoms with Crippen LogP contribution in [0, 0.1) is 0 Å². The Labute approximate surface area is 103 Å². The Morgan fingerprint density at radius 3 is 2.53 bits per heavy atom. The minimum absolute atomic E-state index is 0.0933.